The molecule has 3 aromatic heterocycles. The number of pyridine rings is 2. The Labute approximate surface area is 135 Å². The third-order valence-electron chi connectivity index (χ3n) is 3.66. The topological polar surface area (TPSA) is 56.1 Å². The zero-order valence-electron chi connectivity index (χ0n) is 13.7. The van der Waals surface area contributed by atoms with Crippen molar-refractivity contribution in [1.82, 2.24) is 19.7 Å². The lowest BCUT2D eigenvalue weighted by atomic mass is 10.1. The van der Waals surface area contributed by atoms with Gasteiger partial charge < -0.3 is 9.64 Å². The molecule has 0 fully saturated rings. The quantitative estimate of drug-likeness (QED) is 0.655. The third kappa shape index (κ3) is 3.17. The second kappa shape index (κ2) is 6.75. The van der Waals surface area contributed by atoms with Crippen LogP contribution in [-0.2, 0) is 11.3 Å². The van der Waals surface area contributed by atoms with Crippen molar-refractivity contribution >= 4 is 16.9 Å². The molecule has 0 saturated heterocycles. The molecule has 0 spiro atoms. The Morgan fingerprint density at radius 1 is 1.17 bits per heavy atom. The van der Waals surface area contributed by atoms with Gasteiger partial charge in [0.15, 0.2) is 11.5 Å². The molecule has 0 saturated carbocycles. The second-order valence-electron chi connectivity index (χ2n) is 5.47. The maximum atomic E-state index is 5.44. The standard InChI is InChI=1S/C17H21N5O/c1-4-23-10-9-22-16-15(17(20-22)21(2)3)11-14(12-19-16)13-5-7-18-8-6-13/h5-8,11-12H,4,9-10H2,1-3H3. The summed E-state index contributed by atoms with van der Waals surface area (Å²) in [7, 11) is 3.99. The average molecular weight is 311 g/mol. The smallest absolute Gasteiger partial charge is 0.160 e. The molecule has 23 heavy (non-hydrogen) atoms. The van der Waals surface area contributed by atoms with Gasteiger partial charge in [0.05, 0.1) is 18.5 Å². The van der Waals surface area contributed by atoms with E-state index in [-0.39, 0.29) is 0 Å². The van der Waals surface area contributed by atoms with Gasteiger partial charge >= 0.3 is 0 Å². The number of hydrogen-bond acceptors (Lipinski definition) is 5. The summed E-state index contributed by atoms with van der Waals surface area (Å²) in [6, 6.07) is 6.10. The highest BCUT2D eigenvalue weighted by Crippen LogP contribution is 2.28. The van der Waals surface area contributed by atoms with Crippen LogP contribution < -0.4 is 4.90 Å². The molecule has 6 heteroatoms. The van der Waals surface area contributed by atoms with E-state index in [0.717, 1.165) is 28.0 Å². The van der Waals surface area contributed by atoms with Crippen LogP contribution in [0.4, 0.5) is 5.82 Å². The highest BCUT2D eigenvalue weighted by atomic mass is 16.5. The van der Waals surface area contributed by atoms with E-state index in [1.807, 2.05) is 48.9 Å². The van der Waals surface area contributed by atoms with Gasteiger partial charge in [-0.05, 0) is 30.7 Å². The Morgan fingerprint density at radius 3 is 2.65 bits per heavy atom. The fourth-order valence-electron chi connectivity index (χ4n) is 2.53. The van der Waals surface area contributed by atoms with E-state index in [1.165, 1.54) is 0 Å². The largest absolute Gasteiger partial charge is 0.380 e. The average Bonchev–Trinajstić information content (AvgIpc) is 2.94. The van der Waals surface area contributed by atoms with Crippen LogP contribution in [0.5, 0.6) is 0 Å². The molecule has 0 amide bonds. The van der Waals surface area contributed by atoms with Gasteiger partial charge in [-0.25, -0.2) is 9.67 Å². The minimum absolute atomic E-state index is 0.633. The van der Waals surface area contributed by atoms with Gasteiger partial charge in [-0.3, -0.25) is 4.98 Å². The molecule has 3 rings (SSSR count). The molecule has 6 nitrogen and oxygen atoms in total. The van der Waals surface area contributed by atoms with Gasteiger partial charge in [-0.15, -0.1) is 0 Å². The Bertz CT molecular complexity index is 782. The fraction of sp³-hybridized carbons (Fsp3) is 0.353. The van der Waals surface area contributed by atoms with Gasteiger partial charge in [-0.1, -0.05) is 0 Å². The lowest BCUT2D eigenvalue weighted by molar-refractivity contribution is 0.137. The van der Waals surface area contributed by atoms with Crippen molar-refractivity contribution in [3.05, 3.63) is 36.8 Å². The van der Waals surface area contributed by atoms with Crippen molar-refractivity contribution in [2.24, 2.45) is 0 Å². The van der Waals surface area contributed by atoms with Crippen LogP contribution in [0, 0.1) is 0 Å². The maximum absolute atomic E-state index is 5.44. The minimum atomic E-state index is 0.633. The van der Waals surface area contributed by atoms with Gasteiger partial charge in [0.2, 0.25) is 0 Å². The molecule has 0 aromatic carbocycles. The molecule has 3 heterocycles. The first-order valence-electron chi connectivity index (χ1n) is 7.72. The van der Waals surface area contributed by atoms with E-state index >= 15 is 0 Å². The Morgan fingerprint density at radius 2 is 1.96 bits per heavy atom. The van der Waals surface area contributed by atoms with Crippen molar-refractivity contribution in [2.45, 2.75) is 13.5 Å². The van der Waals surface area contributed by atoms with Crippen molar-refractivity contribution in [3.63, 3.8) is 0 Å². The van der Waals surface area contributed by atoms with Crippen molar-refractivity contribution < 1.29 is 4.74 Å². The number of nitrogens with zero attached hydrogens (tertiary/aromatic N) is 5. The molecule has 0 aliphatic carbocycles. The van der Waals surface area contributed by atoms with Crippen LogP contribution in [0.1, 0.15) is 6.92 Å². The molecule has 0 atom stereocenters. The first-order valence-corrected chi connectivity index (χ1v) is 7.72. The molecule has 0 N–H and O–H groups in total. The van der Waals surface area contributed by atoms with Crippen LogP contribution in [0.25, 0.3) is 22.2 Å². The van der Waals surface area contributed by atoms with E-state index < -0.39 is 0 Å². The van der Waals surface area contributed by atoms with Gasteiger partial charge in [0.25, 0.3) is 0 Å². The summed E-state index contributed by atoms with van der Waals surface area (Å²) in [5, 5.41) is 5.73. The summed E-state index contributed by atoms with van der Waals surface area (Å²) in [4.78, 5) is 10.7. The fourth-order valence-corrected chi connectivity index (χ4v) is 2.53. The highest BCUT2D eigenvalue weighted by Gasteiger charge is 2.14. The summed E-state index contributed by atoms with van der Waals surface area (Å²) in [6.45, 7) is 4.03. The second-order valence-corrected chi connectivity index (χ2v) is 5.47. The van der Waals surface area contributed by atoms with Crippen LogP contribution in [0.2, 0.25) is 0 Å². The molecule has 0 bridgehead atoms. The summed E-state index contributed by atoms with van der Waals surface area (Å²) >= 11 is 0. The van der Waals surface area contributed by atoms with E-state index in [0.29, 0.717) is 19.8 Å². The molecule has 0 unspecified atom stereocenters. The van der Waals surface area contributed by atoms with Gasteiger partial charge in [-0.2, -0.15) is 5.10 Å². The normalized spacial score (nSPS) is 11.1. The molecule has 0 aliphatic rings. The highest BCUT2D eigenvalue weighted by molar-refractivity contribution is 5.91. The summed E-state index contributed by atoms with van der Waals surface area (Å²) in [5.74, 6) is 0.917. The number of aromatic nitrogens is 4. The van der Waals surface area contributed by atoms with Crippen molar-refractivity contribution in [3.8, 4) is 11.1 Å². The lowest BCUT2D eigenvalue weighted by Gasteiger charge is -2.08. The number of hydrogen-bond donors (Lipinski definition) is 0. The zero-order chi connectivity index (χ0) is 16.2. The Kier molecular flexibility index (Phi) is 4.52. The predicted molar refractivity (Wildman–Crippen MR) is 91.6 cm³/mol. The molecular weight excluding hydrogens is 290 g/mol. The summed E-state index contributed by atoms with van der Waals surface area (Å²) < 4.78 is 7.35. The zero-order valence-corrected chi connectivity index (χ0v) is 13.7. The molecule has 0 aliphatic heterocycles. The predicted octanol–water partition coefficient (Wildman–Crippen LogP) is 2.60. The minimum Gasteiger partial charge on any atom is -0.380 e. The Hall–Kier alpha value is -2.47. The third-order valence-corrected chi connectivity index (χ3v) is 3.66. The Balaban J connectivity index is 2.05. The number of ether oxygens (including phenoxy) is 1. The monoisotopic (exact) mass is 311 g/mol. The molecule has 120 valence electrons. The maximum Gasteiger partial charge on any atom is 0.160 e. The number of fused-ring (bicyclic) bond motifs is 1. The summed E-state index contributed by atoms with van der Waals surface area (Å²) in [6.07, 6.45) is 5.46. The van der Waals surface area contributed by atoms with Gasteiger partial charge in [0.1, 0.15) is 0 Å². The van der Waals surface area contributed by atoms with Gasteiger partial charge in [0, 0.05) is 44.9 Å². The first-order chi connectivity index (χ1) is 11.2. The molecule has 3 aromatic rings. The lowest BCUT2D eigenvalue weighted by Crippen LogP contribution is -2.12. The first kappa shape index (κ1) is 15.4. The van der Waals surface area contributed by atoms with Crippen LogP contribution >= 0.6 is 0 Å². The summed E-state index contributed by atoms with van der Waals surface area (Å²) in [5.41, 5.74) is 3.04. The number of rotatable bonds is 6. The molecule has 0 radical (unpaired) electrons. The van der Waals surface area contributed by atoms with E-state index in [9.17, 15) is 0 Å². The van der Waals surface area contributed by atoms with Crippen LogP contribution in [0.3, 0.4) is 0 Å². The van der Waals surface area contributed by atoms with Crippen LogP contribution in [-0.4, -0.2) is 47.1 Å². The van der Waals surface area contributed by atoms with E-state index in [4.69, 9.17) is 4.74 Å². The van der Waals surface area contributed by atoms with Crippen LogP contribution in [0.15, 0.2) is 36.8 Å². The number of anilines is 1. The van der Waals surface area contributed by atoms with Crippen molar-refractivity contribution in [2.75, 3.05) is 32.2 Å². The van der Waals surface area contributed by atoms with E-state index in [1.54, 1.807) is 12.4 Å². The van der Waals surface area contributed by atoms with E-state index in [2.05, 4.69) is 21.1 Å². The molecular formula is C17H21N5O. The van der Waals surface area contributed by atoms with Crippen molar-refractivity contribution in [1.29, 1.82) is 0 Å². The SMILES string of the molecule is CCOCCn1nc(N(C)C)c2cc(-c3ccncc3)cnc21.